The van der Waals surface area contributed by atoms with Crippen LogP contribution in [0.5, 0.6) is 0 Å². The highest BCUT2D eigenvalue weighted by Gasteiger charge is 2.25. The Kier molecular flexibility index (Phi) is 3.99. The van der Waals surface area contributed by atoms with E-state index in [2.05, 4.69) is 14.9 Å². The van der Waals surface area contributed by atoms with Gasteiger partial charge in [0.15, 0.2) is 0 Å². The Balaban J connectivity index is 1.51. The Morgan fingerprint density at radius 1 is 1.06 bits per heavy atom. The third-order valence-corrected chi connectivity index (χ3v) is 4.36. The monoisotopic (exact) mass is 247 g/mol. The first kappa shape index (κ1) is 12.2. The molecule has 0 unspecified atom stereocenters. The second kappa shape index (κ2) is 5.87. The third kappa shape index (κ3) is 3.14. The first-order chi connectivity index (χ1) is 8.93. The SMILES string of the molecule is c1ncn(C2CC2)c1CNC1CCCCCCC1. The third-order valence-electron chi connectivity index (χ3n) is 4.36. The summed E-state index contributed by atoms with van der Waals surface area (Å²) in [5, 5.41) is 3.75. The van der Waals surface area contributed by atoms with Crippen LogP contribution in [-0.2, 0) is 6.54 Å². The second-order valence-electron chi connectivity index (χ2n) is 5.95. The highest BCUT2D eigenvalue weighted by atomic mass is 15.1. The van der Waals surface area contributed by atoms with Gasteiger partial charge in [-0.05, 0) is 25.7 Å². The molecule has 1 N–H and O–H groups in total. The van der Waals surface area contributed by atoms with Crippen molar-refractivity contribution in [2.45, 2.75) is 76.4 Å². The maximum absolute atomic E-state index is 4.30. The smallest absolute Gasteiger partial charge is 0.0951 e. The predicted octanol–water partition coefficient (Wildman–Crippen LogP) is 3.42. The minimum Gasteiger partial charge on any atom is -0.330 e. The zero-order chi connectivity index (χ0) is 12.2. The Hall–Kier alpha value is -0.830. The van der Waals surface area contributed by atoms with Gasteiger partial charge in [0.05, 0.1) is 12.0 Å². The fourth-order valence-corrected chi connectivity index (χ4v) is 3.06. The molecule has 0 aromatic carbocycles. The van der Waals surface area contributed by atoms with Crippen molar-refractivity contribution >= 4 is 0 Å². The molecule has 2 aliphatic rings. The lowest BCUT2D eigenvalue weighted by atomic mass is 9.97. The van der Waals surface area contributed by atoms with E-state index in [0.29, 0.717) is 0 Å². The van der Waals surface area contributed by atoms with Crippen LogP contribution < -0.4 is 5.32 Å². The molecule has 0 spiro atoms. The number of nitrogens with one attached hydrogen (secondary N) is 1. The van der Waals surface area contributed by atoms with Crippen LogP contribution in [-0.4, -0.2) is 15.6 Å². The minimum atomic E-state index is 0.729. The Morgan fingerprint density at radius 3 is 2.50 bits per heavy atom. The summed E-state index contributed by atoms with van der Waals surface area (Å²) in [4.78, 5) is 4.30. The van der Waals surface area contributed by atoms with Gasteiger partial charge < -0.3 is 9.88 Å². The van der Waals surface area contributed by atoms with E-state index in [1.165, 1.54) is 63.5 Å². The standard InChI is InChI=1S/C15H25N3/c1-2-4-6-13(7-5-3-1)17-11-15-10-16-12-18(15)14-8-9-14/h10,12-14,17H,1-9,11H2. The molecular formula is C15H25N3. The van der Waals surface area contributed by atoms with Crippen LogP contribution in [0.1, 0.15) is 69.5 Å². The van der Waals surface area contributed by atoms with Gasteiger partial charge in [0, 0.05) is 24.8 Å². The van der Waals surface area contributed by atoms with Crippen molar-refractivity contribution in [1.29, 1.82) is 0 Å². The summed E-state index contributed by atoms with van der Waals surface area (Å²) in [5.41, 5.74) is 1.37. The lowest BCUT2D eigenvalue weighted by molar-refractivity contribution is 0.385. The van der Waals surface area contributed by atoms with Crippen LogP contribution in [0.15, 0.2) is 12.5 Å². The van der Waals surface area contributed by atoms with E-state index >= 15 is 0 Å². The van der Waals surface area contributed by atoms with Gasteiger partial charge in [0.2, 0.25) is 0 Å². The van der Waals surface area contributed by atoms with Crippen molar-refractivity contribution in [3.05, 3.63) is 18.2 Å². The first-order valence-electron chi connectivity index (χ1n) is 7.67. The molecule has 3 heteroatoms. The summed E-state index contributed by atoms with van der Waals surface area (Å²) < 4.78 is 2.37. The van der Waals surface area contributed by atoms with Gasteiger partial charge in [0.1, 0.15) is 0 Å². The summed E-state index contributed by atoms with van der Waals surface area (Å²) in [6.45, 7) is 1.00. The number of hydrogen-bond acceptors (Lipinski definition) is 2. The molecule has 2 aliphatic carbocycles. The number of nitrogens with zero attached hydrogens (tertiary/aromatic N) is 2. The molecule has 0 amide bonds. The van der Waals surface area contributed by atoms with Gasteiger partial charge in [-0.2, -0.15) is 0 Å². The number of rotatable bonds is 4. The van der Waals surface area contributed by atoms with Crippen LogP contribution in [0.25, 0.3) is 0 Å². The second-order valence-corrected chi connectivity index (χ2v) is 5.95. The van der Waals surface area contributed by atoms with E-state index in [1.54, 1.807) is 0 Å². The van der Waals surface area contributed by atoms with Crippen molar-refractivity contribution in [2.24, 2.45) is 0 Å². The molecule has 0 saturated heterocycles. The van der Waals surface area contributed by atoms with Gasteiger partial charge in [-0.3, -0.25) is 0 Å². The van der Waals surface area contributed by atoms with Crippen LogP contribution >= 0.6 is 0 Å². The summed E-state index contributed by atoms with van der Waals surface area (Å²) in [6.07, 6.45) is 16.5. The maximum atomic E-state index is 4.30. The first-order valence-corrected chi connectivity index (χ1v) is 7.67. The number of imidazole rings is 1. The van der Waals surface area contributed by atoms with Crippen LogP contribution in [0.4, 0.5) is 0 Å². The van der Waals surface area contributed by atoms with Gasteiger partial charge in [-0.15, -0.1) is 0 Å². The van der Waals surface area contributed by atoms with Crippen molar-refractivity contribution in [3.63, 3.8) is 0 Å². The van der Waals surface area contributed by atoms with E-state index < -0.39 is 0 Å². The Morgan fingerprint density at radius 2 is 1.78 bits per heavy atom. The predicted molar refractivity (Wildman–Crippen MR) is 73.4 cm³/mol. The Labute approximate surface area is 110 Å². The van der Waals surface area contributed by atoms with Crippen molar-refractivity contribution in [3.8, 4) is 0 Å². The molecule has 1 heterocycles. The maximum Gasteiger partial charge on any atom is 0.0951 e. The molecule has 2 saturated carbocycles. The van der Waals surface area contributed by atoms with E-state index in [-0.39, 0.29) is 0 Å². The van der Waals surface area contributed by atoms with Crippen LogP contribution in [0.2, 0.25) is 0 Å². The van der Waals surface area contributed by atoms with Crippen molar-refractivity contribution < 1.29 is 0 Å². The molecule has 1 aromatic rings. The average molecular weight is 247 g/mol. The quantitative estimate of drug-likeness (QED) is 0.883. The average Bonchev–Trinajstić information content (AvgIpc) is 3.08. The van der Waals surface area contributed by atoms with Gasteiger partial charge in [-0.1, -0.05) is 32.1 Å². The van der Waals surface area contributed by atoms with Crippen molar-refractivity contribution in [2.75, 3.05) is 0 Å². The number of hydrogen-bond donors (Lipinski definition) is 1. The van der Waals surface area contributed by atoms with E-state index in [1.807, 2.05) is 12.5 Å². The van der Waals surface area contributed by atoms with Crippen LogP contribution in [0, 0.1) is 0 Å². The lowest BCUT2D eigenvalue weighted by Gasteiger charge is -2.21. The van der Waals surface area contributed by atoms with Gasteiger partial charge >= 0.3 is 0 Å². The summed E-state index contributed by atoms with van der Waals surface area (Å²) >= 11 is 0. The highest BCUT2D eigenvalue weighted by molar-refractivity contribution is 5.03. The minimum absolute atomic E-state index is 0.729. The summed E-state index contributed by atoms with van der Waals surface area (Å²) in [5.74, 6) is 0. The fraction of sp³-hybridized carbons (Fsp3) is 0.800. The molecule has 0 aliphatic heterocycles. The topological polar surface area (TPSA) is 29.9 Å². The zero-order valence-corrected chi connectivity index (χ0v) is 11.3. The normalized spacial score (nSPS) is 22.7. The van der Waals surface area contributed by atoms with E-state index in [4.69, 9.17) is 0 Å². The van der Waals surface area contributed by atoms with E-state index in [9.17, 15) is 0 Å². The fourth-order valence-electron chi connectivity index (χ4n) is 3.06. The lowest BCUT2D eigenvalue weighted by Crippen LogP contribution is -2.30. The van der Waals surface area contributed by atoms with Crippen LogP contribution in [0.3, 0.4) is 0 Å². The molecule has 3 nitrogen and oxygen atoms in total. The highest BCUT2D eigenvalue weighted by Crippen LogP contribution is 2.35. The molecule has 100 valence electrons. The molecule has 2 fully saturated rings. The van der Waals surface area contributed by atoms with Gasteiger partial charge in [-0.25, -0.2) is 4.98 Å². The van der Waals surface area contributed by atoms with Crippen molar-refractivity contribution in [1.82, 2.24) is 14.9 Å². The molecule has 3 rings (SSSR count). The summed E-state index contributed by atoms with van der Waals surface area (Å²) in [7, 11) is 0. The molecule has 0 bridgehead atoms. The molecular weight excluding hydrogens is 222 g/mol. The van der Waals surface area contributed by atoms with E-state index in [0.717, 1.165) is 18.6 Å². The Bertz CT molecular complexity index is 360. The molecule has 1 aromatic heterocycles. The summed E-state index contributed by atoms with van der Waals surface area (Å²) in [6, 6.07) is 1.48. The largest absolute Gasteiger partial charge is 0.330 e. The molecule has 18 heavy (non-hydrogen) atoms. The molecule has 0 radical (unpaired) electrons. The van der Waals surface area contributed by atoms with Gasteiger partial charge in [0.25, 0.3) is 0 Å². The number of aromatic nitrogens is 2. The zero-order valence-electron chi connectivity index (χ0n) is 11.3. The molecule has 0 atom stereocenters.